The van der Waals surface area contributed by atoms with E-state index in [2.05, 4.69) is 5.10 Å². The zero-order valence-corrected chi connectivity index (χ0v) is 12.3. The second kappa shape index (κ2) is 6.74. The van der Waals surface area contributed by atoms with Crippen LogP contribution in [0.15, 0.2) is 29.2 Å². The van der Waals surface area contributed by atoms with Gasteiger partial charge in [-0.15, -0.1) is 5.10 Å². The molecule has 1 atom stereocenters. The van der Waals surface area contributed by atoms with Crippen molar-refractivity contribution in [2.24, 2.45) is 0 Å². The van der Waals surface area contributed by atoms with Crippen LogP contribution in [0.3, 0.4) is 0 Å². The van der Waals surface area contributed by atoms with Gasteiger partial charge in [0.15, 0.2) is 5.65 Å². The molecule has 0 amide bonds. The number of fused-ring (bicyclic) bond motifs is 1. The van der Waals surface area contributed by atoms with E-state index in [9.17, 15) is 9.59 Å². The van der Waals surface area contributed by atoms with Gasteiger partial charge >= 0.3 is 11.7 Å². The van der Waals surface area contributed by atoms with E-state index in [0.29, 0.717) is 12.3 Å². The molecule has 3 rings (SSSR count). The first-order valence-electron chi connectivity index (χ1n) is 7.55. The topological polar surface area (TPSA) is 74.8 Å². The average molecular weight is 305 g/mol. The van der Waals surface area contributed by atoms with Crippen LogP contribution in [-0.2, 0) is 20.8 Å². The van der Waals surface area contributed by atoms with Gasteiger partial charge in [0.1, 0.15) is 6.61 Å². The van der Waals surface area contributed by atoms with E-state index in [4.69, 9.17) is 9.47 Å². The summed E-state index contributed by atoms with van der Waals surface area (Å²) < 4.78 is 13.4. The molecule has 7 nitrogen and oxygen atoms in total. The molecule has 0 radical (unpaired) electrons. The minimum Gasteiger partial charge on any atom is -0.463 e. The zero-order valence-electron chi connectivity index (χ0n) is 12.3. The lowest BCUT2D eigenvalue weighted by atomic mass is 10.1. The molecule has 1 aliphatic heterocycles. The summed E-state index contributed by atoms with van der Waals surface area (Å²) in [6.07, 6.45) is 4.89. The Labute approximate surface area is 127 Å². The average Bonchev–Trinajstić information content (AvgIpc) is 2.88. The van der Waals surface area contributed by atoms with Crippen LogP contribution in [0.1, 0.15) is 25.7 Å². The number of hydrogen-bond acceptors (Lipinski definition) is 5. The van der Waals surface area contributed by atoms with Gasteiger partial charge in [-0.25, -0.2) is 9.48 Å². The summed E-state index contributed by atoms with van der Waals surface area (Å²) in [5.74, 6) is -0.335. The second-order valence-electron chi connectivity index (χ2n) is 5.36. The van der Waals surface area contributed by atoms with Gasteiger partial charge in [0, 0.05) is 12.8 Å². The van der Waals surface area contributed by atoms with Gasteiger partial charge in [-0.2, -0.15) is 0 Å². The Morgan fingerprint density at radius 1 is 1.41 bits per heavy atom. The van der Waals surface area contributed by atoms with E-state index in [1.165, 1.54) is 9.08 Å². The lowest BCUT2D eigenvalue weighted by Gasteiger charge is -2.21. The molecule has 1 unspecified atom stereocenters. The third kappa shape index (κ3) is 3.36. The maximum absolute atomic E-state index is 12.0. The number of hydrogen-bond donors (Lipinski definition) is 0. The molecule has 0 N–H and O–H groups in total. The molecule has 1 saturated heterocycles. The molecule has 0 aliphatic carbocycles. The summed E-state index contributed by atoms with van der Waals surface area (Å²) in [5.41, 5.74) is 0.315. The van der Waals surface area contributed by atoms with Crippen LogP contribution in [-0.4, -0.2) is 39.5 Å². The van der Waals surface area contributed by atoms with Gasteiger partial charge in [0.2, 0.25) is 0 Å². The van der Waals surface area contributed by atoms with Gasteiger partial charge in [0.25, 0.3) is 0 Å². The lowest BCUT2D eigenvalue weighted by molar-refractivity contribution is -0.149. The Hall–Kier alpha value is -2.15. The molecule has 7 heteroatoms. The summed E-state index contributed by atoms with van der Waals surface area (Å²) in [4.78, 5) is 23.8. The van der Waals surface area contributed by atoms with Crippen LogP contribution < -0.4 is 5.69 Å². The van der Waals surface area contributed by atoms with Crippen LogP contribution in [0.4, 0.5) is 0 Å². The summed E-state index contributed by atoms with van der Waals surface area (Å²) in [5, 5.41) is 4.17. The van der Waals surface area contributed by atoms with Crippen molar-refractivity contribution in [3.63, 3.8) is 0 Å². The quantitative estimate of drug-likeness (QED) is 0.770. The van der Waals surface area contributed by atoms with Crippen LogP contribution in [0, 0.1) is 0 Å². The third-order valence-electron chi connectivity index (χ3n) is 3.72. The second-order valence-corrected chi connectivity index (χ2v) is 5.36. The fraction of sp³-hybridized carbons (Fsp3) is 0.533. The Morgan fingerprint density at radius 2 is 2.32 bits per heavy atom. The Bertz CT molecular complexity index is 700. The summed E-state index contributed by atoms with van der Waals surface area (Å²) >= 11 is 0. The van der Waals surface area contributed by atoms with E-state index in [-0.39, 0.29) is 30.7 Å². The highest BCUT2D eigenvalue weighted by Gasteiger charge is 2.16. The third-order valence-corrected chi connectivity index (χ3v) is 3.72. The predicted octanol–water partition coefficient (Wildman–Crippen LogP) is 0.998. The molecule has 0 spiro atoms. The highest BCUT2D eigenvalue weighted by atomic mass is 16.6. The standard InChI is InChI=1S/C15H19N3O4/c19-14(22-11-12-5-2-4-10-21-12)7-9-18-15(20)17-8-3-1-6-13(17)16-18/h1,3,6,8,12H,2,4-5,7,9-11H2. The molecule has 1 aliphatic rings. The number of carbonyl (C=O) groups excluding carboxylic acids is 1. The van der Waals surface area contributed by atoms with E-state index in [1.54, 1.807) is 18.3 Å². The number of pyridine rings is 1. The van der Waals surface area contributed by atoms with Crippen molar-refractivity contribution in [3.8, 4) is 0 Å². The highest BCUT2D eigenvalue weighted by Crippen LogP contribution is 2.12. The van der Waals surface area contributed by atoms with Crippen molar-refractivity contribution >= 4 is 11.6 Å². The summed E-state index contributed by atoms with van der Waals surface area (Å²) in [6, 6.07) is 5.32. The van der Waals surface area contributed by atoms with Crippen molar-refractivity contribution < 1.29 is 14.3 Å². The zero-order chi connectivity index (χ0) is 15.4. The molecule has 0 saturated carbocycles. The SMILES string of the molecule is O=C(CCn1nc2ccccn2c1=O)OCC1CCCCO1. The first-order valence-corrected chi connectivity index (χ1v) is 7.55. The lowest BCUT2D eigenvalue weighted by Crippen LogP contribution is -2.27. The number of esters is 1. The Morgan fingerprint density at radius 3 is 3.09 bits per heavy atom. The van der Waals surface area contributed by atoms with Crippen molar-refractivity contribution in [1.82, 2.24) is 14.2 Å². The normalized spacial score (nSPS) is 18.5. The molecule has 1 fully saturated rings. The molecule has 22 heavy (non-hydrogen) atoms. The smallest absolute Gasteiger partial charge is 0.350 e. The number of ether oxygens (including phenoxy) is 2. The van der Waals surface area contributed by atoms with Gasteiger partial charge in [-0.05, 0) is 31.4 Å². The van der Waals surface area contributed by atoms with Crippen LogP contribution in [0.5, 0.6) is 0 Å². The molecule has 118 valence electrons. The number of aryl methyl sites for hydroxylation is 1. The van der Waals surface area contributed by atoms with E-state index >= 15 is 0 Å². The number of aromatic nitrogens is 3. The minimum atomic E-state index is -0.335. The molecule has 2 aromatic rings. The maximum Gasteiger partial charge on any atom is 0.350 e. The minimum absolute atomic E-state index is 0.00983. The van der Waals surface area contributed by atoms with E-state index in [0.717, 1.165) is 25.9 Å². The Kier molecular flexibility index (Phi) is 4.53. The first kappa shape index (κ1) is 14.8. The molecule has 0 aromatic carbocycles. The monoisotopic (exact) mass is 305 g/mol. The number of nitrogens with zero attached hydrogens (tertiary/aromatic N) is 3. The van der Waals surface area contributed by atoms with Crippen molar-refractivity contribution in [1.29, 1.82) is 0 Å². The summed E-state index contributed by atoms with van der Waals surface area (Å²) in [6.45, 7) is 1.24. The van der Waals surface area contributed by atoms with Gasteiger partial charge in [0.05, 0.1) is 19.1 Å². The number of rotatable bonds is 5. The van der Waals surface area contributed by atoms with Crippen molar-refractivity contribution in [2.45, 2.75) is 38.3 Å². The predicted molar refractivity (Wildman–Crippen MR) is 78.6 cm³/mol. The highest BCUT2D eigenvalue weighted by molar-refractivity contribution is 5.69. The number of carbonyl (C=O) groups is 1. The first-order chi connectivity index (χ1) is 10.7. The van der Waals surface area contributed by atoms with Crippen LogP contribution >= 0.6 is 0 Å². The Balaban J connectivity index is 1.51. The van der Waals surface area contributed by atoms with E-state index in [1.807, 2.05) is 6.07 Å². The fourth-order valence-corrected chi connectivity index (χ4v) is 2.51. The largest absolute Gasteiger partial charge is 0.463 e. The molecular weight excluding hydrogens is 286 g/mol. The molecule has 2 aromatic heterocycles. The molecule has 3 heterocycles. The van der Waals surface area contributed by atoms with Gasteiger partial charge in [-0.1, -0.05) is 6.07 Å². The maximum atomic E-state index is 12.0. The van der Waals surface area contributed by atoms with Crippen LogP contribution in [0.2, 0.25) is 0 Å². The van der Waals surface area contributed by atoms with Crippen molar-refractivity contribution in [2.75, 3.05) is 13.2 Å². The molecular formula is C15H19N3O4. The van der Waals surface area contributed by atoms with Crippen molar-refractivity contribution in [3.05, 3.63) is 34.9 Å². The molecule has 0 bridgehead atoms. The van der Waals surface area contributed by atoms with Crippen LogP contribution in [0.25, 0.3) is 5.65 Å². The van der Waals surface area contributed by atoms with E-state index < -0.39 is 0 Å². The fourth-order valence-electron chi connectivity index (χ4n) is 2.51. The van der Waals surface area contributed by atoms with Gasteiger partial charge < -0.3 is 9.47 Å². The van der Waals surface area contributed by atoms with Gasteiger partial charge in [-0.3, -0.25) is 9.20 Å². The summed E-state index contributed by atoms with van der Waals surface area (Å²) in [7, 11) is 0.